The molecule has 2 heterocycles. The van der Waals surface area contributed by atoms with Crippen LogP contribution < -0.4 is 9.80 Å². The predicted molar refractivity (Wildman–Crippen MR) is 74.7 cm³/mol. The molecule has 0 bridgehead atoms. The van der Waals surface area contributed by atoms with E-state index in [9.17, 15) is 4.79 Å². The van der Waals surface area contributed by atoms with Crippen molar-refractivity contribution in [3.05, 3.63) is 48.4 Å². The number of amides is 1. The maximum Gasteiger partial charge on any atom is 0.261 e. The third-order valence-electron chi connectivity index (χ3n) is 3.47. The first kappa shape index (κ1) is 11.8. The highest BCUT2D eigenvalue weighted by Gasteiger charge is 2.24. The molecule has 0 saturated heterocycles. The minimum Gasteiger partial charge on any atom is -0.472 e. The maximum absolute atomic E-state index is 12.5. The van der Waals surface area contributed by atoms with Crippen molar-refractivity contribution in [2.24, 2.45) is 0 Å². The second-order valence-corrected chi connectivity index (χ2v) is 4.73. The summed E-state index contributed by atoms with van der Waals surface area (Å²) in [5.74, 6) is -0.00324. The van der Waals surface area contributed by atoms with Crippen molar-refractivity contribution in [2.75, 3.05) is 29.9 Å². The molecule has 0 unspecified atom stereocenters. The zero-order valence-corrected chi connectivity index (χ0v) is 10.9. The van der Waals surface area contributed by atoms with Crippen molar-refractivity contribution < 1.29 is 9.21 Å². The first-order chi connectivity index (χ1) is 9.27. The van der Waals surface area contributed by atoms with Crippen LogP contribution in [0.2, 0.25) is 0 Å². The molecule has 0 N–H and O–H groups in total. The minimum atomic E-state index is -0.00324. The van der Waals surface area contributed by atoms with Crippen LogP contribution in [0.5, 0.6) is 0 Å². The van der Waals surface area contributed by atoms with E-state index in [4.69, 9.17) is 4.42 Å². The summed E-state index contributed by atoms with van der Waals surface area (Å²) in [5, 5.41) is 0. The Morgan fingerprint density at radius 3 is 2.68 bits per heavy atom. The second-order valence-electron chi connectivity index (χ2n) is 4.73. The molecule has 0 radical (unpaired) electrons. The fourth-order valence-electron chi connectivity index (χ4n) is 2.48. The number of hydrogen-bond donors (Lipinski definition) is 0. The van der Waals surface area contributed by atoms with Crippen LogP contribution in [-0.2, 0) is 0 Å². The van der Waals surface area contributed by atoms with Crippen LogP contribution in [0.3, 0.4) is 0 Å². The fourth-order valence-corrected chi connectivity index (χ4v) is 2.48. The van der Waals surface area contributed by atoms with Crippen LogP contribution in [0.1, 0.15) is 16.8 Å². The van der Waals surface area contributed by atoms with E-state index in [1.54, 1.807) is 6.07 Å². The van der Waals surface area contributed by atoms with Crippen LogP contribution in [0.25, 0.3) is 0 Å². The highest BCUT2D eigenvalue weighted by atomic mass is 16.3. The van der Waals surface area contributed by atoms with Gasteiger partial charge in [0.05, 0.1) is 23.2 Å². The van der Waals surface area contributed by atoms with Gasteiger partial charge in [-0.3, -0.25) is 4.79 Å². The smallest absolute Gasteiger partial charge is 0.261 e. The van der Waals surface area contributed by atoms with E-state index in [1.807, 2.05) is 23.1 Å². The number of hydrogen-bond acceptors (Lipinski definition) is 3. The number of carbonyl (C=O) groups is 1. The van der Waals surface area contributed by atoms with Gasteiger partial charge in [-0.2, -0.15) is 0 Å². The maximum atomic E-state index is 12.5. The van der Waals surface area contributed by atoms with Crippen molar-refractivity contribution in [1.29, 1.82) is 0 Å². The van der Waals surface area contributed by atoms with E-state index in [-0.39, 0.29) is 5.91 Å². The molecule has 1 amide bonds. The highest BCUT2D eigenvalue weighted by molar-refractivity contribution is 6.07. The first-order valence-corrected chi connectivity index (χ1v) is 6.41. The fraction of sp³-hybridized carbons (Fsp3) is 0.267. The van der Waals surface area contributed by atoms with Crippen molar-refractivity contribution in [1.82, 2.24) is 0 Å². The summed E-state index contributed by atoms with van der Waals surface area (Å²) in [4.78, 5) is 16.6. The molecule has 1 aromatic carbocycles. The lowest BCUT2D eigenvalue weighted by molar-refractivity contribution is 0.0986. The highest BCUT2D eigenvalue weighted by Crippen LogP contribution is 2.32. The lowest BCUT2D eigenvalue weighted by Gasteiger charge is -2.23. The van der Waals surface area contributed by atoms with E-state index in [1.165, 1.54) is 12.5 Å². The minimum absolute atomic E-state index is 0.00324. The zero-order valence-electron chi connectivity index (χ0n) is 10.9. The largest absolute Gasteiger partial charge is 0.472 e. The Balaban J connectivity index is 2.02. The first-order valence-electron chi connectivity index (χ1n) is 6.41. The summed E-state index contributed by atoms with van der Waals surface area (Å²) in [7, 11) is 2.06. The Labute approximate surface area is 112 Å². The summed E-state index contributed by atoms with van der Waals surface area (Å²) in [6.07, 6.45) is 3.98. The van der Waals surface area contributed by atoms with Gasteiger partial charge in [-0.25, -0.2) is 0 Å². The SMILES string of the molecule is CN1CCCN(C(=O)c2ccoc2)c2ccccc21. The molecular formula is C15H16N2O2. The Morgan fingerprint density at radius 2 is 1.95 bits per heavy atom. The Bertz CT molecular complexity index is 578. The third kappa shape index (κ3) is 2.10. The number of para-hydroxylation sites is 2. The number of fused-ring (bicyclic) bond motifs is 1. The number of furan rings is 1. The van der Waals surface area contributed by atoms with Crippen LogP contribution in [0, 0.1) is 0 Å². The van der Waals surface area contributed by atoms with Gasteiger partial charge < -0.3 is 14.2 Å². The number of carbonyl (C=O) groups excluding carboxylic acids is 1. The summed E-state index contributed by atoms with van der Waals surface area (Å²) in [6, 6.07) is 9.72. The van der Waals surface area contributed by atoms with Crippen LogP contribution in [0.4, 0.5) is 11.4 Å². The van der Waals surface area contributed by atoms with Crippen LogP contribution in [-0.4, -0.2) is 26.0 Å². The molecule has 1 aliphatic heterocycles. The van der Waals surface area contributed by atoms with E-state index >= 15 is 0 Å². The van der Waals surface area contributed by atoms with Gasteiger partial charge in [-0.1, -0.05) is 12.1 Å². The molecule has 1 aliphatic rings. The van der Waals surface area contributed by atoms with E-state index < -0.39 is 0 Å². The monoisotopic (exact) mass is 256 g/mol. The van der Waals surface area contributed by atoms with Gasteiger partial charge in [0.25, 0.3) is 5.91 Å². The molecule has 4 heteroatoms. The summed E-state index contributed by atoms with van der Waals surface area (Å²) < 4.78 is 5.01. The molecule has 0 atom stereocenters. The van der Waals surface area contributed by atoms with Gasteiger partial charge in [0.15, 0.2) is 0 Å². The molecule has 4 nitrogen and oxygen atoms in total. The van der Waals surface area contributed by atoms with Crippen molar-refractivity contribution in [2.45, 2.75) is 6.42 Å². The molecule has 0 spiro atoms. The van der Waals surface area contributed by atoms with Gasteiger partial charge in [0.1, 0.15) is 6.26 Å². The second kappa shape index (κ2) is 4.80. The van der Waals surface area contributed by atoms with Gasteiger partial charge in [0, 0.05) is 20.1 Å². The van der Waals surface area contributed by atoms with Crippen LogP contribution >= 0.6 is 0 Å². The molecule has 0 aliphatic carbocycles. The Hall–Kier alpha value is -2.23. The van der Waals surface area contributed by atoms with Crippen molar-refractivity contribution in [3.8, 4) is 0 Å². The molecular weight excluding hydrogens is 240 g/mol. The number of nitrogens with zero attached hydrogens (tertiary/aromatic N) is 2. The lowest BCUT2D eigenvalue weighted by Crippen LogP contribution is -2.31. The van der Waals surface area contributed by atoms with E-state index in [0.717, 1.165) is 30.9 Å². The standard InChI is InChI=1S/C15H16N2O2/c1-16-8-4-9-17(14-6-3-2-5-13(14)16)15(18)12-7-10-19-11-12/h2-3,5-7,10-11H,4,8-9H2,1H3. The molecule has 0 saturated carbocycles. The molecule has 1 aromatic heterocycles. The Morgan fingerprint density at radius 1 is 1.16 bits per heavy atom. The molecule has 2 aromatic rings. The van der Waals surface area contributed by atoms with Gasteiger partial charge in [-0.05, 0) is 24.6 Å². The summed E-state index contributed by atoms with van der Waals surface area (Å²) in [5.41, 5.74) is 2.66. The third-order valence-corrected chi connectivity index (χ3v) is 3.47. The molecule has 98 valence electrons. The molecule has 3 rings (SSSR count). The van der Waals surface area contributed by atoms with Gasteiger partial charge >= 0.3 is 0 Å². The number of anilines is 2. The number of benzene rings is 1. The number of rotatable bonds is 1. The normalized spacial score (nSPS) is 15.0. The average molecular weight is 256 g/mol. The van der Waals surface area contributed by atoms with E-state index in [0.29, 0.717) is 5.56 Å². The lowest BCUT2D eigenvalue weighted by atomic mass is 10.2. The summed E-state index contributed by atoms with van der Waals surface area (Å²) in [6.45, 7) is 1.68. The molecule has 19 heavy (non-hydrogen) atoms. The van der Waals surface area contributed by atoms with Crippen molar-refractivity contribution in [3.63, 3.8) is 0 Å². The topological polar surface area (TPSA) is 36.7 Å². The van der Waals surface area contributed by atoms with Crippen molar-refractivity contribution >= 4 is 17.3 Å². The van der Waals surface area contributed by atoms with Gasteiger partial charge in [-0.15, -0.1) is 0 Å². The van der Waals surface area contributed by atoms with Crippen LogP contribution in [0.15, 0.2) is 47.3 Å². The Kier molecular flexibility index (Phi) is 2.99. The predicted octanol–water partition coefficient (Wildman–Crippen LogP) is 2.77. The van der Waals surface area contributed by atoms with Gasteiger partial charge in [0.2, 0.25) is 0 Å². The average Bonchev–Trinajstić information content (AvgIpc) is 2.91. The zero-order chi connectivity index (χ0) is 13.2. The molecule has 0 fully saturated rings. The quantitative estimate of drug-likeness (QED) is 0.787. The van der Waals surface area contributed by atoms with E-state index in [2.05, 4.69) is 18.0 Å². The summed E-state index contributed by atoms with van der Waals surface area (Å²) >= 11 is 0.